The van der Waals surface area contributed by atoms with E-state index in [1.54, 1.807) is 0 Å². The predicted molar refractivity (Wildman–Crippen MR) is 56.7 cm³/mol. The van der Waals surface area contributed by atoms with Crippen LogP contribution in [0.1, 0.15) is 33.1 Å². The number of nitrogens with one attached hydrogen (secondary N) is 1. The first-order valence-electron chi connectivity index (χ1n) is 4.99. The minimum Gasteiger partial charge on any atom is -0.314 e. The lowest BCUT2D eigenvalue weighted by molar-refractivity contribution is 0.565. The largest absolute Gasteiger partial charge is 0.314 e. The van der Waals surface area contributed by atoms with Crippen LogP contribution >= 0.6 is 0 Å². The van der Waals surface area contributed by atoms with Crippen molar-refractivity contribution in [2.24, 2.45) is 0 Å². The Labute approximate surface area is 81.8 Å². The molecule has 0 bridgehead atoms. The van der Waals surface area contributed by atoms with Crippen molar-refractivity contribution in [1.29, 1.82) is 0 Å². The molecule has 4 heteroatoms. The molecule has 1 heterocycles. The predicted octanol–water partition coefficient (Wildman–Crippen LogP) is 1.20. The molecule has 0 aromatic rings. The third-order valence-electron chi connectivity index (χ3n) is 2.00. The Hall–Kier alpha value is -0.0900. The fourth-order valence-corrected chi connectivity index (χ4v) is 2.07. The Kier molecular flexibility index (Phi) is 6.33. The van der Waals surface area contributed by atoms with Crippen LogP contribution in [0.25, 0.3) is 0 Å². The second-order valence-corrected chi connectivity index (χ2v) is 5.47. The summed E-state index contributed by atoms with van der Waals surface area (Å²) in [7, 11) is -2.75. The molecule has 1 fully saturated rings. The highest BCUT2D eigenvalue weighted by Crippen LogP contribution is 2.09. The van der Waals surface area contributed by atoms with Crippen molar-refractivity contribution in [2.75, 3.05) is 18.6 Å². The molecule has 3 nitrogen and oxygen atoms in total. The molecule has 1 aliphatic heterocycles. The van der Waals surface area contributed by atoms with E-state index >= 15 is 0 Å². The van der Waals surface area contributed by atoms with Crippen molar-refractivity contribution in [3.8, 4) is 0 Å². The molecule has 13 heavy (non-hydrogen) atoms. The van der Waals surface area contributed by atoms with E-state index in [-0.39, 0.29) is 0 Å². The van der Waals surface area contributed by atoms with E-state index in [0.29, 0.717) is 11.8 Å². The van der Waals surface area contributed by atoms with Crippen LogP contribution in [0.3, 0.4) is 0 Å². The molecule has 1 unspecified atom stereocenters. The van der Waals surface area contributed by atoms with Crippen molar-refractivity contribution in [1.82, 2.24) is 5.32 Å². The summed E-state index contributed by atoms with van der Waals surface area (Å²) in [5, 5.41) is 3.26. The Balaban J connectivity index is 0.000000671. The third kappa shape index (κ3) is 7.02. The van der Waals surface area contributed by atoms with Crippen LogP contribution in [0.4, 0.5) is 0 Å². The van der Waals surface area contributed by atoms with Crippen LogP contribution in [0, 0.1) is 0 Å². The third-order valence-corrected chi connectivity index (χ3v) is 2.98. The van der Waals surface area contributed by atoms with Gasteiger partial charge in [-0.15, -0.1) is 0 Å². The normalized spacial score (nSPS) is 22.2. The van der Waals surface area contributed by atoms with Gasteiger partial charge in [-0.1, -0.05) is 13.8 Å². The Bertz CT molecular complexity index is 206. The van der Waals surface area contributed by atoms with Crippen LogP contribution < -0.4 is 5.32 Å². The van der Waals surface area contributed by atoms with Gasteiger partial charge in [-0.3, -0.25) is 0 Å². The fraction of sp³-hybridized carbons (Fsp3) is 1.00. The van der Waals surface area contributed by atoms with Crippen LogP contribution in [0.15, 0.2) is 0 Å². The van der Waals surface area contributed by atoms with Gasteiger partial charge in [0.15, 0.2) is 0 Å². The van der Waals surface area contributed by atoms with E-state index in [0.717, 1.165) is 19.4 Å². The quantitative estimate of drug-likeness (QED) is 0.756. The first-order chi connectivity index (χ1) is 6.08. The molecule has 1 rings (SSSR count). The van der Waals surface area contributed by atoms with Crippen molar-refractivity contribution < 1.29 is 8.42 Å². The van der Waals surface area contributed by atoms with Gasteiger partial charge in [-0.05, 0) is 25.8 Å². The highest BCUT2D eigenvalue weighted by atomic mass is 32.2. The first-order valence-corrected chi connectivity index (χ1v) is 7.05. The summed E-state index contributed by atoms with van der Waals surface area (Å²) >= 11 is 0. The van der Waals surface area contributed by atoms with Crippen molar-refractivity contribution >= 4 is 9.84 Å². The molecule has 0 aromatic carbocycles. The van der Waals surface area contributed by atoms with Crippen LogP contribution in [-0.4, -0.2) is 33.0 Å². The summed E-state index contributed by atoms with van der Waals surface area (Å²) in [6.07, 6.45) is 4.39. The van der Waals surface area contributed by atoms with Gasteiger partial charge in [0.2, 0.25) is 0 Å². The Morgan fingerprint density at radius 3 is 2.38 bits per heavy atom. The second kappa shape index (κ2) is 6.38. The molecule has 1 saturated heterocycles. The summed E-state index contributed by atoms with van der Waals surface area (Å²) in [5.74, 6) is 0.324. The summed E-state index contributed by atoms with van der Waals surface area (Å²) in [5.41, 5.74) is 0. The number of sulfone groups is 1. The minimum atomic E-state index is -2.75. The molecule has 0 radical (unpaired) electrons. The zero-order chi connectivity index (χ0) is 10.3. The molecular formula is C9H21NO2S. The second-order valence-electron chi connectivity index (χ2n) is 3.21. The van der Waals surface area contributed by atoms with Gasteiger partial charge in [0.25, 0.3) is 0 Å². The topological polar surface area (TPSA) is 46.2 Å². The molecule has 1 atom stereocenters. The average molecular weight is 207 g/mol. The van der Waals surface area contributed by atoms with Crippen molar-refractivity contribution in [2.45, 2.75) is 39.2 Å². The average Bonchev–Trinajstić information content (AvgIpc) is 2.55. The molecule has 0 aromatic heterocycles. The van der Waals surface area contributed by atoms with Gasteiger partial charge in [0, 0.05) is 12.3 Å². The molecular weight excluding hydrogens is 186 g/mol. The van der Waals surface area contributed by atoms with E-state index in [2.05, 4.69) is 5.32 Å². The minimum absolute atomic E-state index is 0.324. The van der Waals surface area contributed by atoms with Gasteiger partial charge in [0.05, 0.1) is 5.75 Å². The van der Waals surface area contributed by atoms with E-state index < -0.39 is 9.84 Å². The lowest BCUT2D eigenvalue weighted by Crippen LogP contribution is -2.24. The smallest absolute Gasteiger partial charge is 0.147 e. The molecule has 0 amide bonds. The van der Waals surface area contributed by atoms with Gasteiger partial charge < -0.3 is 5.32 Å². The highest BCUT2D eigenvalue weighted by Gasteiger charge is 2.15. The zero-order valence-corrected chi connectivity index (χ0v) is 9.65. The number of rotatable bonds is 3. The monoisotopic (exact) mass is 207 g/mol. The molecule has 0 saturated carbocycles. The maximum Gasteiger partial charge on any atom is 0.147 e. The summed E-state index contributed by atoms with van der Waals surface area (Å²) in [6, 6.07) is 0.449. The summed E-state index contributed by atoms with van der Waals surface area (Å²) in [6.45, 7) is 5.05. The molecule has 0 spiro atoms. The van der Waals surface area contributed by atoms with E-state index in [1.807, 2.05) is 13.8 Å². The highest BCUT2D eigenvalue weighted by molar-refractivity contribution is 7.90. The van der Waals surface area contributed by atoms with E-state index in [9.17, 15) is 8.42 Å². The maximum absolute atomic E-state index is 10.8. The zero-order valence-electron chi connectivity index (χ0n) is 8.84. The lowest BCUT2D eigenvalue weighted by Gasteiger charge is -2.07. The molecule has 1 aliphatic rings. The Morgan fingerprint density at radius 2 is 2.00 bits per heavy atom. The van der Waals surface area contributed by atoms with E-state index in [1.165, 1.54) is 12.7 Å². The number of hydrogen-bond donors (Lipinski definition) is 1. The standard InChI is InChI=1S/C7H15NO2S.C2H6/c1-11(9,10)6-4-7-3-2-5-8-7;1-2/h7-8H,2-6H2,1H3;1-2H3. The maximum atomic E-state index is 10.8. The van der Waals surface area contributed by atoms with Crippen LogP contribution in [0.2, 0.25) is 0 Å². The van der Waals surface area contributed by atoms with Gasteiger partial charge in [0.1, 0.15) is 9.84 Å². The lowest BCUT2D eigenvalue weighted by atomic mass is 10.2. The SMILES string of the molecule is CC.CS(=O)(=O)CCC1CCCN1. The van der Waals surface area contributed by atoms with Gasteiger partial charge >= 0.3 is 0 Å². The van der Waals surface area contributed by atoms with E-state index in [4.69, 9.17) is 0 Å². The van der Waals surface area contributed by atoms with Gasteiger partial charge in [-0.2, -0.15) is 0 Å². The summed E-state index contributed by atoms with van der Waals surface area (Å²) in [4.78, 5) is 0. The van der Waals surface area contributed by atoms with Crippen LogP contribution in [0.5, 0.6) is 0 Å². The van der Waals surface area contributed by atoms with Crippen molar-refractivity contribution in [3.05, 3.63) is 0 Å². The van der Waals surface area contributed by atoms with Crippen molar-refractivity contribution in [3.63, 3.8) is 0 Å². The fourth-order valence-electron chi connectivity index (χ4n) is 1.36. The first kappa shape index (κ1) is 12.9. The molecule has 0 aliphatic carbocycles. The van der Waals surface area contributed by atoms with Crippen LogP contribution in [-0.2, 0) is 9.84 Å². The molecule has 1 N–H and O–H groups in total. The van der Waals surface area contributed by atoms with Gasteiger partial charge in [-0.25, -0.2) is 8.42 Å². The Morgan fingerprint density at radius 1 is 1.38 bits per heavy atom. The number of hydrogen-bond acceptors (Lipinski definition) is 3. The summed E-state index contributed by atoms with van der Waals surface area (Å²) < 4.78 is 21.5. The molecule has 80 valence electrons.